The number of nitrogens with one attached hydrogen (secondary N) is 1. The number of aryl methyl sites for hydroxylation is 1. The standard InChI is InChI=1S/C12H11F4NO3/c1-5-3-7(4-8(6(5)2)9(18)19)17-11(20)12(15,16)10(13)14/h3-4,10H,1-2H3,(H,17,20)(H,18,19). The quantitative estimate of drug-likeness (QED) is 0.839. The number of benzene rings is 1. The highest BCUT2D eigenvalue weighted by atomic mass is 19.3. The Kier molecular flexibility index (Phi) is 4.36. The Balaban J connectivity index is 3.11. The Hall–Kier alpha value is -2.12. The van der Waals surface area contributed by atoms with Crippen LogP contribution in [0.25, 0.3) is 0 Å². The molecule has 8 heteroatoms. The van der Waals surface area contributed by atoms with E-state index in [0.29, 0.717) is 11.1 Å². The maximum absolute atomic E-state index is 12.8. The van der Waals surface area contributed by atoms with E-state index in [1.807, 2.05) is 0 Å². The minimum Gasteiger partial charge on any atom is -0.478 e. The van der Waals surface area contributed by atoms with Crippen molar-refractivity contribution >= 4 is 17.6 Å². The van der Waals surface area contributed by atoms with Gasteiger partial charge in [0.05, 0.1) is 5.56 Å². The van der Waals surface area contributed by atoms with E-state index in [4.69, 9.17) is 5.11 Å². The molecule has 0 aromatic heterocycles. The maximum atomic E-state index is 12.8. The van der Waals surface area contributed by atoms with Crippen LogP contribution in [0, 0.1) is 13.8 Å². The van der Waals surface area contributed by atoms with E-state index in [1.54, 1.807) is 5.32 Å². The summed E-state index contributed by atoms with van der Waals surface area (Å²) in [5, 5.41) is 10.5. The second-order valence-corrected chi connectivity index (χ2v) is 4.15. The fraction of sp³-hybridized carbons (Fsp3) is 0.333. The van der Waals surface area contributed by atoms with Crippen molar-refractivity contribution in [2.24, 2.45) is 0 Å². The molecule has 0 saturated heterocycles. The van der Waals surface area contributed by atoms with E-state index in [0.717, 1.165) is 6.07 Å². The fourth-order valence-electron chi connectivity index (χ4n) is 1.47. The minimum absolute atomic E-state index is 0.208. The van der Waals surface area contributed by atoms with Crippen LogP contribution in [0.5, 0.6) is 0 Å². The van der Waals surface area contributed by atoms with E-state index >= 15 is 0 Å². The van der Waals surface area contributed by atoms with Crippen LogP contribution in [0.3, 0.4) is 0 Å². The number of halogens is 4. The lowest BCUT2D eigenvalue weighted by molar-refractivity contribution is -0.163. The minimum atomic E-state index is -4.85. The highest BCUT2D eigenvalue weighted by molar-refractivity contribution is 5.98. The molecule has 0 aliphatic rings. The molecule has 2 N–H and O–H groups in total. The molecule has 0 radical (unpaired) electrons. The zero-order valence-electron chi connectivity index (χ0n) is 10.5. The topological polar surface area (TPSA) is 66.4 Å². The summed E-state index contributed by atoms with van der Waals surface area (Å²) >= 11 is 0. The van der Waals surface area contributed by atoms with Crippen molar-refractivity contribution in [2.75, 3.05) is 5.32 Å². The van der Waals surface area contributed by atoms with Gasteiger partial charge < -0.3 is 10.4 Å². The number of rotatable bonds is 4. The number of amides is 1. The number of alkyl halides is 4. The van der Waals surface area contributed by atoms with Gasteiger partial charge in [0, 0.05) is 5.69 Å². The summed E-state index contributed by atoms with van der Waals surface area (Å²) < 4.78 is 49.6. The van der Waals surface area contributed by atoms with Gasteiger partial charge in [-0.1, -0.05) is 0 Å². The van der Waals surface area contributed by atoms with Crippen molar-refractivity contribution in [1.29, 1.82) is 0 Å². The number of carboxylic acid groups (broad SMARTS) is 1. The number of aromatic carboxylic acids is 1. The Morgan fingerprint density at radius 1 is 1.25 bits per heavy atom. The second kappa shape index (κ2) is 5.48. The largest absolute Gasteiger partial charge is 0.478 e. The van der Waals surface area contributed by atoms with Gasteiger partial charge in [0.25, 0.3) is 0 Å². The SMILES string of the molecule is Cc1cc(NC(=O)C(F)(F)C(F)F)cc(C(=O)O)c1C. The van der Waals surface area contributed by atoms with E-state index < -0.39 is 24.2 Å². The molecule has 20 heavy (non-hydrogen) atoms. The summed E-state index contributed by atoms with van der Waals surface area (Å²) in [7, 11) is 0. The van der Waals surface area contributed by atoms with Crippen molar-refractivity contribution in [3.8, 4) is 0 Å². The van der Waals surface area contributed by atoms with Crippen LogP contribution in [0.2, 0.25) is 0 Å². The molecule has 4 nitrogen and oxygen atoms in total. The van der Waals surface area contributed by atoms with Crippen molar-refractivity contribution in [3.05, 3.63) is 28.8 Å². The number of carboxylic acids is 1. The lowest BCUT2D eigenvalue weighted by Crippen LogP contribution is -2.41. The van der Waals surface area contributed by atoms with Crippen molar-refractivity contribution in [3.63, 3.8) is 0 Å². The van der Waals surface area contributed by atoms with Crippen LogP contribution < -0.4 is 5.32 Å². The lowest BCUT2D eigenvalue weighted by Gasteiger charge is -2.16. The average molecular weight is 293 g/mol. The summed E-state index contributed by atoms with van der Waals surface area (Å²) in [5.41, 5.74) is 0.313. The van der Waals surface area contributed by atoms with Gasteiger partial charge in [0.15, 0.2) is 0 Å². The number of carbonyl (C=O) groups excluding carboxylic acids is 1. The number of hydrogen-bond donors (Lipinski definition) is 2. The highest BCUT2D eigenvalue weighted by Crippen LogP contribution is 2.26. The highest BCUT2D eigenvalue weighted by Gasteiger charge is 2.49. The molecule has 1 amide bonds. The van der Waals surface area contributed by atoms with Crippen LogP contribution in [0.15, 0.2) is 12.1 Å². The smallest absolute Gasteiger partial charge is 0.383 e. The summed E-state index contributed by atoms with van der Waals surface area (Å²) in [4.78, 5) is 22.0. The monoisotopic (exact) mass is 293 g/mol. The molecular formula is C12H11F4NO3. The molecule has 0 fully saturated rings. The third-order valence-corrected chi connectivity index (χ3v) is 2.73. The van der Waals surface area contributed by atoms with Gasteiger partial charge in [-0.05, 0) is 37.1 Å². The van der Waals surface area contributed by atoms with Crippen LogP contribution in [0.4, 0.5) is 23.2 Å². The maximum Gasteiger partial charge on any atom is 0.383 e. The van der Waals surface area contributed by atoms with E-state index in [1.165, 1.54) is 19.9 Å². The van der Waals surface area contributed by atoms with E-state index in [-0.39, 0.29) is 11.3 Å². The number of carbonyl (C=O) groups is 2. The van der Waals surface area contributed by atoms with Crippen LogP contribution in [-0.4, -0.2) is 29.3 Å². The summed E-state index contributed by atoms with van der Waals surface area (Å²) in [6.45, 7) is 3.00. The Morgan fingerprint density at radius 3 is 2.25 bits per heavy atom. The molecule has 0 saturated carbocycles. The van der Waals surface area contributed by atoms with Gasteiger partial charge >= 0.3 is 24.2 Å². The molecule has 0 bridgehead atoms. The third-order valence-electron chi connectivity index (χ3n) is 2.73. The molecular weight excluding hydrogens is 282 g/mol. The van der Waals surface area contributed by atoms with E-state index in [9.17, 15) is 27.2 Å². The Labute approximate surface area is 111 Å². The predicted molar refractivity (Wildman–Crippen MR) is 62.5 cm³/mol. The van der Waals surface area contributed by atoms with Gasteiger partial charge in [0.2, 0.25) is 0 Å². The first-order valence-corrected chi connectivity index (χ1v) is 5.39. The molecule has 0 aliphatic carbocycles. The molecule has 0 atom stereocenters. The predicted octanol–water partition coefficient (Wildman–Crippen LogP) is 2.84. The first-order chi connectivity index (χ1) is 9.07. The van der Waals surface area contributed by atoms with Gasteiger partial charge in [-0.3, -0.25) is 4.79 Å². The normalized spacial score (nSPS) is 11.6. The molecule has 1 aromatic rings. The molecule has 1 aromatic carbocycles. The molecule has 0 spiro atoms. The Morgan fingerprint density at radius 2 is 1.80 bits per heavy atom. The van der Waals surface area contributed by atoms with E-state index in [2.05, 4.69) is 0 Å². The van der Waals surface area contributed by atoms with Gasteiger partial charge in [-0.2, -0.15) is 8.78 Å². The summed E-state index contributed by atoms with van der Waals surface area (Å²) in [5.74, 6) is -8.35. The number of hydrogen-bond acceptors (Lipinski definition) is 2. The third kappa shape index (κ3) is 3.06. The first-order valence-electron chi connectivity index (χ1n) is 5.39. The van der Waals surface area contributed by atoms with Crippen LogP contribution >= 0.6 is 0 Å². The van der Waals surface area contributed by atoms with Gasteiger partial charge in [-0.15, -0.1) is 0 Å². The van der Waals surface area contributed by atoms with Gasteiger partial charge in [0.1, 0.15) is 0 Å². The molecule has 0 aliphatic heterocycles. The van der Waals surface area contributed by atoms with Crippen LogP contribution in [-0.2, 0) is 4.79 Å². The average Bonchev–Trinajstić information content (AvgIpc) is 2.32. The summed E-state index contributed by atoms with van der Waals surface area (Å²) in [6.07, 6.45) is -4.15. The van der Waals surface area contributed by atoms with Gasteiger partial charge in [-0.25, -0.2) is 13.6 Å². The molecule has 0 unspecified atom stereocenters. The zero-order valence-corrected chi connectivity index (χ0v) is 10.5. The van der Waals surface area contributed by atoms with Crippen molar-refractivity contribution in [1.82, 2.24) is 0 Å². The molecule has 110 valence electrons. The fourth-order valence-corrected chi connectivity index (χ4v) is 1.47. The molecule has 1 rings (SSSR count). The number of anilines is 1. The second-order valence-electron chi connectivity index (χ2n) is 4.15. The first kappa shape index (κ1) is 15.9. The molecule has 0 heterocycles. The Bertz CT molecular complexity index is 558. The van der Waals surface area contributed by atoms with Crippen molar-refractivity contribution < 1.29 is 32.3 Å². The zero-order chi connectivity index (χ0) is 15.7. The summed E-state index contributed by atoms with van der Waals surface area (Å²) in [6, 6.07) is 2.16. The lowest BCUT2D eigenvalue weighted by atomic mass is 10.0. The van der Waals surface area contributed by atoms with Crippen LogP contribution in [0.1, 0.15) is 21.5 Å². The van der Waals surface area contributed by atoms with Crippen molar-refractivity contribution in [2.45, 2.75) is 26.2 Å².